The summed E-state index contributed by atoms with van der Waals surface area (Å²) in [7, 11) is 0. The molecule has 0 saturated carbocycles. The molecule has 0 bridgehead atoms. The summed E-state index contributed by atoms with van der Waals surface area (Å²) in [6.45, 7) is 2.03. The van der Waals surface area contributed by atoms with Crippen LogP contribution in [0.25, 0.3) is 10.9 Å². The van der Waals surface area contributed by atoms with E-state index in [0.717, 1.165) is 22.2 Å². The number of nitrogens with zero attached hydrogens (tertiary/aromatic N) is 3. The molecule has 0 N–H and O–H groups in total. The Morgan fingerprint density at radius 3 is 3.00 bits per heavy atom. The highest BCUT2D eigenvalue weighted by atomic mass is 32.1. The van der Waals surface area contributed by atoms with Crippen LogP contribution < -0.4 is 4.74 Å². The molecule has 0 radical (unpaired) electrons. The summed E-state index contributed by atoms with van der Waals surface area (Å²) in [5, 5.41) is 8.94. The minimum absolute atomic E-state index is 0.171. The fourth-order valence-electron chi connectivity index (χ4n) is 1.78. The Bertz CT molecular complexity index is 782. The molecule has 106 valence electrons. The van der Waals surface area contributed by atoms with Gasteiger partial charge in [-0.15, -0.1) is 5.10 Å². The zero-order chi connectivity index (χ0) is 14.7. The summed E-state index contributed by atoms with van der Waals surface area (Å²) in [5.41, 5.74) is 0.824. The van der Waals surface area contributed by atoms with Gasteiger partial charge in [0.05, 0.1) is 12.1 Å². The van der Waals surface area contributed by atoms with Crippen LogP contribution in [0.1, 0.15) is 16.7 Å². The normalized spacial score (nSPS) is 10.5. The van der Waals surface area contributed by atoms with E-state index in [0.29, 0.717) is 12.4 Å². The second-order valence-electron chi connectivity index (χ2n) is 4.02. The summed E-state index contributed by atoms with van der Waals surface area (Å²) in [6.07, 6.45) is 1.72. The number of hydrogen-bond acceptors (Lipinski definition) is 7. The molecule has 21 heavy (non-hydrogen) atoms. The Balaban J connectivity index is 1.87. The van der Waals surface area contributed by atoms with Crippen LogP contribution in [0.3, 0.4) is 0 Å². The number of pyridine rings is 1. The number of benzene rings is 1. The SMILES string of the molecule is CCOC(=O)c1nnc(Oc2cccc3ncccc23)s1. The number of carbonyl (C=O) groups is 1. The van der Waals surface area contributed by atoms with E-state index in [9.17, 15) is 4.79 Å². The van der Waals surface area contributed by atoms with Gasteiger partial charge in [0.2, 0.25) is 5.01 Å². The molecular formula is C14H11N3O3S. The highest BCUT2D eigenvalue weighted by molar-refractivity contribution is 7.14. The summed E-state index contributed by atoms with van der Waals surface area (Å²) < 4.78 is 10.6. The van der Waals surface area contributed by atoms with Gasteiger partial charge in [0, 0.05) is 11.6 Å². The van der Waals surface area contributed by atoms with Crippen LogP contribution in [0, 0.1) is 0 Å². The fraction of sp³-hybridized carbons (Fsp3) is 0.143. The minimum atomic E-state index is -0.496. The van der Waals surface area contributed by atoms with Crippen LogP contribution in [-0.4, -0.2) is 27.8 Å². The lowest BCUT2D eigenvalue weighted by Crippen LogP contribution is -2.03. The fourth-order valence-corrected chi connectivity index (χ4v) is 2.39. The molecule has 0 fully saturated rings. The zero-order valence-corrected chi connectivity index (χ0v) is 12.0. The molecule has 1 aromatic carbocycles. The van der Waals surface area contributed by atoms with Crippen molar-refractivity contribution in [2.45, 2.75) is 6.92 Å². The van der Waals surface area contributed by atoms with Gasteiger partial charge in [0.15, 0.2) is 0 Å². The minimum Gasteiger partial charge on any atom is -0.461 e. The molecule has 0 spiro atoms. The second kappa shape index (κ2) is 5.84. The molecule has 2 heterocycles. The van der Waals surface area contributed by atoms with Gasteiger partial charge >= 0.3 is 5.97 Å². The van der Waals surface area contributed by atoms with Crippen molar-refractivity contribution in [2.75, 3.05) is 6.61 Å². The smallest absolute Gasteiger partial charge is 0.369 e. The molecule has 7 heteroatoms. The Morgan fingerprint density at radius 1 is 1.24 bits per heavy atom. The Kier molecular flexibility index (Phi) is 3.74. The summed E-state index contributed by atoms with van der Waals surface area (Å²) >= 11 is 1.04. The Labute approximate surface area is 124 Å². The highest BCUT2D eigenvalue weighted by Gasteiger charge is 2.15. The van der Waals surface area contributed by atoms with E-state index in [-0.39, 0.29) is 10.2 Å². The number of hydrogen-bond donors (Lipinski definition) is 0. The molecule has 6 nitrogen and oxygen atoms in total. The average Bonchev–Trinajstić information content (AvgIpc) is 2.97. The number of esters is 1. The third kappa shape index (κ3) is 2.82. The first-order valence-corrected chi connectivity index (χ1v) is 7.12. The first-order valence-electron chi connectivity index (χ1n) is 6.30. The standard InChI is InChI=1S/C14H11N3O3S/c1-2-19-13(18)12-16-17-14(21-12)20-11-7-3-6-10-9(11)5-4-8-15-10/h3-8H,2H2,1H3. The Morgan fingerprint density at radius 2 is 2.14 bits per heavy atom. The monoisotopic (exact) mass is 301 g/mol. The number of carbonyl (C=O) groups excluding carboxylic acids is 1. The molecule has 3 rings (SSSR count). The first-order chi connectivity index (χ1) is 10.3. The molecule has 0 atom stereocenters. The van der Waals surface area contributed by atoms with E-state index in [1.807, 2.05) is 30.3 Å². The second-order valence-corrected chi connectivity index (χ2v) is 4.96. The average molecular weight is 301 g/mol. The number of aromatic nitrogens is 3. The summed E-state index contributed by atoms with van der Waals surface area (Å²) in [4.78, 5) is 15.8. The molecule has 0 aliphatic heterocycles. The van der Waals surface area contributed by atoms with Crippen molar-refractivity contribution in [3.05, 3.63) is 41.5 Å². The lowest BCUT2D eigenvalue weighted by atomic mass is 10.2. The number of ether oxygens (including phenoxy) is 2. The van der Waals surface area contributed by atoms with Gasteiger partial charge in [-0.05, 0) is 42.5 Å². The highest BCUT2D eigenvalue weighted by Crippen LogP contribution is 2.30. The molecule has 2 aromatic heterocycles. The third-order valence-corrected chi connectivity index (χ3v) is 3.44. The van der Waals surface area contributed by atoms with E-state index in [2.05, 4.69) is 15.2 Å². The molecule has 0 saturated heterocycles. The van der Waals surface area contributed by atoms with Gasteiger partial charge in [-0.25, -0.2) is 4.79 Å². The van der Waals surface area contributed by atoms with Crippen LogP contribution in [0.15, 0.2) is 36.5 Å². The van der Waals surface area contributed by atoms with Crippen molar-refractivity contribution in [1.82, 2.24) is 15.2 Å². The predicted octanol–water partition coefficient (Wildman–Crippen LogP) is 3.06. The van der Waals surface area contributed by atoms with Crippen LogP contribution >= 0.6 is 11.3 Å². The van der Waals surface area contributed by atoms with E-state index in [1.54, 1.807) is 13.1 Å². The van der Waals surface area contributed by atoms with Crippen molar-refractivity contribution >= 4 is 28.2 Å². The quantitative estimate of drug-likeness (QED) is 0.689. The van der Waals surface area contributed by atoms with E-state index in [4.69, 9.17) is 9.47 Å². The van der Waals surface area contributed by atoms with Crippen LogP contribution in [0.4, 0.5) is 0 Å². The predicted molar refractivity (Wildman–Crippen MR) is 77.7 cm³/mol. The van der Waals surface area contributed by atoms with Gasteiger partial charge in [-0.1, -0.05) is 11.2 Å². The van der Waals surface area contributed by atoms with E-state index >= 15 is 0 Å². The lowest BCUT2D eigenvalue weighted by molar-refractivity contribution is 0.0525. The van der Waals surface area contributed by atoms with Crippen LogP contribution in [0.5, 0.6) is 10.9 Å². The van der Waals surface area contributed by atoms with Crippen LogP contribution in [0.2, 0.25) is 0 Å². The summed E-state index contributed by atoms with van der Waals surface area (Å²) in [5.74, 6) is 0.122. The van der Waals surface area contributed by atoms with Crippen molar-refractivity contribution in [2.24, 2.45) is 0 Å². The van der Waals surface area contributed by atoms with Crippen LogP contribution in [-0.2, 0) is 4.74 Å². The van der Waals surface area contributed by atoms with Gasteiger partial charge in [-0.2, -0.15) is 0 Å². The van der Waals surface area contributed by atoms with Crippen molar-refractivity contribution in [3.63, 3.8) is 0 Å². The van der Waals surface area contributed by atoms with Gasteiger partial charge in [0.25, 0.3) is 5.19 Å². The molecule has 0 amide bonds. The van der Waals surface area contributed by atoms with E-state index < -0.39 is 5.97 Å². The van der Waals surface area contributed by atoms with Gasteiger partial charge < -0.3 is 9.47 Å². The van der Waals surface area contributed by atoms with Crippen molar-refractivity contribution in [3.8, 4) is 10.9 Å². The maximum absolute atomic E-state index is 11.5. The number of fused-ring (bicyclic) bond motifs is 1. The first kappa shape index (κ1) is 13.4. The van der Waals surface area contributed by atoms with Gasteiger partial charge in [0.1, 0.15) is 5.75 Å². The third-order valence-electron chi connectivity index (χ3n) is 2.66. The maximum atomic E-state index is 11.5. The van der Waals surface area contributed by atoms with Crippen molar-refractivity contribution in [1.29, 1.82) is 0 Å². The molecule has 3 aromatic rings. The molecule has 0 aliphatic rings. The largest absolute Gasteiger partial charge is 0.461 e. The zero-order valence-electron chi connectivity index (χ0n) is 11.1. The van der Waals surface area contributed by atoms with E-state index in [1.165, 1.54) is 0 Å². The summed E-state index contributed by atoms with van der Waals surface area (Å²) in [6, 6.07) is 9.30. The molecule has 0 unspecified atom stereocenters. The van der Waals surface area contributed by atoms with Gasteiger partial charge in [-0.3, -0.25) is 4.98 Å². The topological polar surface area (TPSA) is 74.2 Å². The molecular weight excluding hydrogens is 290 g/mol. The Hall–Kier alpha value is -2.54. The molecule has 0 aliphatic carbocycles. The lowest BCUT2D eigenvalue weighted by Gasteiger charge is -2.04. The van der Waals surface area contributed by atoms with Crippen molar-refractivity contribution < 1.29 is 14.3 Å². The maximum Gasteiger partial charge on any atom is 0.369 e. The number of rotatable bonds is 4.